The van der Waals surface area contributed by atoms with E-state index in [1.54, 1.807) is 24.3 Å². The number of hydrogen-bond acceptors (Lipinski definition) is 5. The number of hydrogen-bond donors (Lipinski definition) is 0. The van der Waals surface area contributed by atoms with Gasteiger partial charge in [0.1, 0.15) is 35.4 Å². The molecular weight excluding hydrogens is 653 g/mol. The molecule has 53 heavy (non-hydrogen) atoms. The van der Waals surface area contributed by atoms with Crippen LogP contribution < -0.4 is 0 Å². The third-order valence-electron chi connectivity index (χ3n) is 10.3. The van der Waals surface area contributed by atoms with Crippen LogP contribution in [-0.2, 0) is 0 Å². The lowest BCUT2D eigenvalue weighted by molar-refractivity contribution is 0.673. The molecule has 10 rings (SSSR count). The summed E-state index contributed by atoms with van der Waals surface area (Å²) >= 11 is 0. The number of para-hydroxylation sites is 4. The van der Waals surface area contributed by atoms with Gasteiger partial charge in [0, 0.05) is 32.5 Å². The maximum absolute atomic E-state index is 11.0. The lowest BCUT2D eigenvalue weighted by Crippen LogP contribution is -2.05. The van der Waals surface area contributed by atoms with Crippen LogP contribution in [0.4, 0.5) is 0 Å². The zero-order valence-electron chi connectivity index (χ0n) is 27.8. The van der Waals surface area contributed by atoms with E-state index < -0.39 is 0 Å². The van der Waals surface area contributed by atoms with Crippen molar-refractivity contribution in [2.45, 2.75) is 0 Å². The van der Waals surface area contributed by atoms with E-state index >= 15 is 0 Å². The minimum Gasteiger partial charge on any atom is -0.455 e. The minimum atomic E-state index is 0.244. The molecule has 7 aromatic carbocycles. The normalized spacial score (nSPS) is 11.3. The van der Waals surface area contributed by atoms with Gasteiger partial charge in [-0.1, -0.05) is 78.9 Å². The van der Waals surface area contributed by atoms with E-state index in [0.717, 1.165) is 65.6 Å². The molecule has 0 N–H and O–H groups in total. The highest BCUT2D eigenvalue weighted by Crippen LogP contribution is 2.43. The fourth-order valence-corrected chi connectivity index (χ4v) is 8.11. The first-order valence-electron chi connectivity index (χ1n) is 16.9. The van der Waals surface area contributed by atoms with Gasteiger partial charge in [-0.2, -0.15) is 21.0 Å². The van der Waals surface area contributed by atoms with Gasteiger partial charge in [-0.05, 0) is 60.2 Å². The molecule has 7 nitrogen and oxygen atoms in total. The highest BCUT2D eigenvalue weighted by atomic mass is 16.3. The summed E-state index contributed by atoms with van der Waals surface area (Å²) in [7, 11) is 0. The van der Waals surface area contributed by atoms with Crippen molar-refractivity contribution in [1.82, 2.24) is 9.13 Å². The maximum Gasteiger partial charge on any atom is 0.145 e. The average Bonchev–Trinajstić information content (AvgIpc) is 3.87. The Morgan fingerprint density at radius 3 is 1.60 bits per heavy atom. The zero-order chi connectivity index (χ0) is 35.8. The number of nitrogens with zero attached hydrogens (tertiary/aromatic N) is 6. The van der Waals surface area contributed by atoms with Gasteiger partial charge in [0.2, 0.25) is 0 Å². The van der Waals surface area contributed by atoms with E-state index in [0.29, 0.717) is 28.1 Å². The van der Waals surface area contributed by atoms with Gasteiger partial charge in [0.05, 0.1) is 61.1 Å². The number of furan rings is 1. The Morgan fingerprint density at radius 1 is 0.434 bits per heavy atom. The molecule has 0 aliphatic heterocycles. The SMILES string of the molecule is N#Cc1cc(-c2ccc(C#N)c(-n3c4ccccc4c4c5oc6ccccc6c5ccc43)c2C#N)cc(C#N)c1-n1c2ccccc2c2ccccc21. The van der Waals surface area contributed by atoms with Crippen molar-refractivity contribution in [1.29, 1.82) is 21.0 Å². The summed E-state index contributed by atoms with van der Waals surface area (Å²) in [5, 5.41) is 48.6. The van der Waals surface area contributed by atoms with E-state index in [9.17, 15) is 21.0 Å². The van der Waals surface area contributed by atoms with E-state index in [1.807, 2.05) is 118 Å². The number of aromatic nitrogens is 2. The van der Waals surface area contributed by atoms with Crippen LogP contribution in [-0.4, -0.2) is 9.13 Å². The van der Waals surface area contributed by atoms with Crippen LogP contribution >= 0.6 is 0 Å². The molecule has 0 saturated carbocycles. The van der Waals surface area contributed by atoms with Crippen molar-refractivity contribution in [2.75, 3.05) is 0 Å². The van der Waals surface area contributed by atoms with E-state index in [1.165, 1.54) is 0 Å². The molecule has 0 saturated heterocycles. The summed E-state index contributed by atoms with van der Waals surface area (Å²) in [4.78, 5) is 0. The molecule has 0 unspecified atom stereocenters. The first kappa shape index (κ1) is 29.8. The van der Waals surface area contributed by atoms with Crippen LogP contribution in [0, 0.1) is 45.3 Å². The zero-order valence-corrected chi connectivity index (χ0v) is 27.8. The van der Waals surface area contributed by atoms with Gasteiger partial charge in [-0.25, -0.2) is 0 Å². The molecule has 7 heteroatoms. The van der Waals surface area contributed by atoms with Crippen molar-refractivity contribution in [3.8, 4) is 46.8 Å². The quantitative estimate of drug-likeness (QED) is 0.185. The molecule has 0 atom stereocenters. The third-order valence-corrected chi connectivity index (χ3v) is 10.3. The number of rotatable bonds is 3. The highest BCUT2D eigenvalue weighted by molar-refractivity contribution is 6.24. The Labute approximate surface area is 301 Å². The molecule has 0 amide bonds. The van der Waals surface area contributed by atoms with Gasteiger partial charge >= 0.3 is 0 Å². The van der Waals surface area contributed by atoms with E-state index in [4.69, 9.17) is 4.42 Å². The van der Waals surface area contributed by atoms with Gasteiger partial charge in [0.15, 0.2) is 0 Å². The van der Waals surface area contributed by atoms with Crippen LogP contribution in [0.15, 0.2) is 138 Å². The van der Waals surface area contributed by atoms with Gasteiger partial charge < -0.3 is 13.6 Å². The molecule has 242 valence electrons. The average molecular weight is 675 g/mol. The second kappa shape index (κ2) is 11.2. The second-order valence-corrected chi connectivity index (χ2v) is 12.9. The summed E-state index contributed by atoms with van der Waals surface area (Å²) in [6.45, 7) is 0. The topological polar surface area (TPSA) is 118 Å². The van der Waals surface area contributed by atoms with Crippen LogP contribution in [0.5, 0.6) is 0 Å². The Balaban J connectivity index is 1.27. The van der Waals surface area contributed by atoms with Crippen molar-refractivity contribution in [3.63, 3.8) is 0 Å². The summed E-state index contributed by atoms with van der Waals surface area (Å²) in [5.74, 6) is 0. The van der Waals surface area contributed by atoms with Crippen LogP contribution in [0.25, 0.3) is 88.1 Å². The van der Waals surface area contributed by atoms with Crippen LogP contribution in [0.2, 0.25) is 0 Å². The smallest absolute Gasteiger partial charge is 0.145 e. The van der Waals surface area contributed by atoms with E-state index in [-0.39, 0.29) is 16.7 Å². The fraction of sp³-hybridized carbons (Fsp3) is 0. The summed E-state index contributed by atoms with van der Waals surface area (Å²) in [6, 6.07) is 52.0. The van der Waals surface area contributed by atoms with Crippen molar-refractivity contribution < 1.29 is 4.42 Å². The molecular formula is C46H22N6O. The van der Waals surface area contributed by atoms with Crippen LogP contribution in [0.3, 0.4) is 0 Å². The second-order valence-electron chi connectivity index (χ2n) is 12.9. The summed E-state index contributed by atoms with van der Waals surface area (Å²) in [6.07, 6.45) is 0. The molecule has 3 aromatic heterocycles. The minimum absolute atomic E-state index is 0.244. The summed E-state index contributed by atoms with van der Waals surface area (Å²) in [5.41, 5.74) is 7.85. The molecule has 3 heterocycles. The van der Waals surface area contributed by atoms with Crippen molar-refractivity contribution in [3.05, 3.63) is 156 Å². The Kier molecular flexibility index (Phi) is 6.30. The lowest BCUT2D eigenvalue weighted by Gasteiger charge is -2.17. The van der Waals surface area contributed by atoms with E-state index in [2.05, 4.69) is 24.3 Å². The molecule has 10 aromatic rings. The van der Waals surface area contributed by atoms with Crippen molar-refractivity contribution >= 4 is 65.6 Å². The number of benzene rings is 7. The molecule has 0 spiro atoms. The molecule has 0 fully saturated rings. The lowest BCUT2D eigenvalue weighted by atomic mass is 9.92. The Hall–Kier alpha value is -8.10. The number of fused-ring (bicyclic) bond motifs is 10. The van der Waals surface area contributed by atoms with Crippen molar-refractivity contribution in [2.24, 2.45) is 0 Å². The predicted molar refractivity (Wildman–Crippen MR) is 207 cm³/mol. The molecule has 0 aliphatic rings. The number of nitriles is 4. The fourth-order valence-electron chi connectivity index (χ4n) is 8.11. The largest absolute Gasteiger partial charge is 0.455 e. The molecule has 0 bridgehead atoms. The highest BCUT2D eigenvalue weighted by Gasteiger charge is 2.25. The summed E-state index contributed by atoms with van der Waals surface area (Å²) < 4.78 is 10.4. The molecule has 0 aliphatic carbocycles. The standard InChI is InChI=1S/C46H22N6O/c47-23-27-17-18-31(28-21-29(24-48)44(30(22-28)25-49)51-38-13-5-1-9-32(38)33-10-2-6-14-39(33)51)37(26-50)45(27)52-40-15-7-3-12-36(40)43-41(52)20-19-35-34-11-4-8-16-42(34)53-46(35)43/h1-22H. The first-order chi connectivity index (χ1) is 26.1. The Morgan fingerprint density at radius 2 is 0.981 bits per heavy atom. The first-order valence-corrected chi connectivity index (χ1v) is 16.9. The maximum atomic E-state index is 11.0. The van der Waals surface area contributed by atoms with Crippen LogP contribution in [0.1, 0.15) is 22.3 Å². The third kappa shape index (κ3) is 4.05. The Bertz CT molecular complexity index is 3310. The van der Waals surface area contributed by atoms with Gasteiger partial charge in [-0.15, -0.1) is 0 Å². The molecule has 0 radical (unpaired) electrons. The van der Waals surface area contributed by atoms with Gasteiger partial charge in [-0.3, -0.25) is 0 Å². The van der Waals surface area contributed by atoms with Gasteiger partial charge in [0.25, 0.3) is 0 Å². The predicted octanol–water partition coefficient (Wildman–Crippen LogP) is 10.9. The monoisotopic (exact) mass is 674 g/mol.